The van der Waals surface area contributed by atoms with Crippen molar-refractivity contribution in [2.75, 3.05) is 30.9 Å². The van der Waals surface area contributed by atoms with Crippen LogP contribution in [0.2, 0.25) is 0 Å². The van der Waals surface area contributed by atoms with Crippen LogP contribution in [-0.4, -0.2) is 27.1 Å². The molecule has 0 saturated heterocycles. The molecule has 0 unspecified atom stereocenters. The van der Waals surface area contributed by atoms with Crippen LogP contribution in [0.5, 0.6) is 0 Å². The van der Waals surface area contributed by atoms with E-state index in [0.29, 0.717) is 6.42 Å². The van der Waals surface area contributed by atoms with Crippen molar-refractivity contribution >= 4 is 17.3 Å². The monoisotopic (exact) mass is 322 g/mol. The van der Waals surface area contributed by atoms with E-state index in [0.717, 1.165) is 5.69 Å². The van der Waals surface area contributed by atoms with Crippen molar-refractivity contribution in [1.29, 1.82) is 0 Å². The lowest BCUT2D eigenvalue weighted by Crippen LogP contribution is -2.39. The molecule has 0 aliphatic carbocycles. The van der Waals surface area contributed by atoms with Gasteiger partial charge in [0.05, 0.1) is 0 Å². The zero-order valence-electron chi connectivity index (χ0n) is 15.5. The quantitative estimate of drug-likeness (QED) is 0.819. The molecule has 0 spiro atoms. The maximum absolute atomic E-state index is 12.4. The third kappa shape index (κ3) is 2.58. The fraction of sp³-hybridized carbons (Fsp3) is 0.381. The molecule has 0 bridgehead atoms. The molecular formula is C21H26N2O. The highest BCUT2D eigenvalue weighted by Crippen LogP contribution is 2.44. The average Bonchev–Trinajstić information content (AvgIpc) is 2.52. The van der Waals surface area contributed by atoms with Crippen LogP contribution in [0.4, 0.5) is 11.4 Å². The van der Waals surface area contributed by atoms with Crippen LogP contribution in [0, 0.1) is 6.92 Å². The van der Waals surface area contributed by atoms with Crippen molar-refractivity contribution in [3.05, 3.63) is 47.5 Å². The molecule has 0 N–H and O–H groups in total. The largest absolute Gasteiger partial charge is 0.377 e. The van der Waals surface area contributed by atoms with Gasteiger partial charge in [-0.2, -0.15) is 0 Å². The molecule has 0 fully saturated rings. The Labute approximate surface area is 144 Å². The molecule has 3 nitrogen and oxygen atoms in total. The number of benzene rings is 2. The summed E-state index contributed by atoms with van der Waals surface area (Å²) < 4.78 is 0. The third-order valence-corrected chi connectivity index (χ3v) is 5.08. The van der Waals surface area contributed by atoms with E-state index < -0.39 is 0 Å². The molecule has 2 aromatic rings. The molecule has 3 heteroatoms. The van der Waals surface area contributed by atoms with E-state index in [1.54, 1.807) is 0 Å². The number of amides is 1. The number of anilines is 2. The first-order valence-electron chi connectivity index (χ1n) is 8.41. The van der Waals surface area contributed by atoms with Gasteiger partial charge < -0.3 is 9.80 Å². The predicted molar refractivity (Wildman–Crippen MR) is 102 cm³/mol. The smallest absolute Gasteiger partial charge is 0.227 e. The molecule has 1 amide bonds. The van der Waals surface area contributed by atoms with Gasteiger partial charge >= 0.3 is 0 Å². The summed E-state index contributed by atoms with van der Waals surface area (Å²) in [5.41, 5.74) is 6.99. The van der Waals surface area contributed by atoms with Crippen molar-refractivity contribution in [1.82, 2.24) is 0 Å². The van der Waals surface area contributed by atoms with Gasteiger partial charge in [-0.05, 0) is 35.7 Å². The molecule has 3 rings (SSSR count). The normalized spacial score (nSPS) is 16.1. The second kappa shape index (κ2) is 5.66. The highest BCUT2D eigenvalue weighted by molar-refractivity contribution is 5.99. The van der Waals surface area contributed by atoms with Crippen LogP contribution < -0.4 is 9.80 Å². The SMILES string of the molecule is Cc1cc2c(cc1-c1ccccc1N(C)C)N(C)C(=O)CC2(C)C. The first kappa shape index (κ1) is 16.6. The molecular weight excluding hydrogens is 296 g/mol. The highest BCUT2D eigenvalue weighted by Gasteiger charge is 2.35. The molecule has 1 aliphatic heterocycles. The van der Waals surface area contributed by atoms with Crippen LogP contribution >= 0.6 is 0 Å². The van der Waals surface area contributed by atoms with E-state index >= 15 is 0 Å². The molecule has 24 heavy (non-hydrogen) atoms. The third-order valence-electron chi connectivity index (χ3n) is 5.08. The number of fused-ring (bicyclic) bond motifs is 1. The van der Waals surface area contributed by atoms with Gasteiger partial charge in [0.25, 0.3) is 0 Å². The van der Waals surface area contributed by atoms with Gasteiger partial charge in [-0.15, -0.1) is 0 Å². The lowest BCUT2D eigenvalue weighted by molar-refractivity contribution is -0.119. The minimum atomic E-state index is -0.122. The maximum atomic E-state index is 12.4. The van der Waals surface area contributed by atoms with E-state index in [4.69, 9.17) is 0 Å². The standard InChI is InChI=1S/C21H26N2O/c1-14-11-17-19(23(6)20(24)13-21(17,2)3)12-16(14)15-9-7-8-10-18(15)22(4)5/h7-12H,13H2,1-6H3. The van der Waals surface area contributed by atoms with Crippen LogP contribution in [0.25, 0.3) is 11.1 Å². The number of aryl methyl sites for hydroxylation is 1. The van der Waals surface area contributed by atoms with Gasteiger partial charge in [-0.25, -0.2) is 0 Å². The molecule has 126 valence electrons. The predicted octanol–water partition coefficient (Wildman–Crippen LogP) is 4.37. The Kier molecular flexibility index (Phi) is 3.90. The van der Waals surface area contributed by atoms with Gasteiger partial charge in [-0.1, -0.05) is 38.1 Å². The second-order valence-corrected chi connectivity index (χ2v) is 7.61. The number of hydrogen-bond acceptors (Lipinski definition) is 2. The lowest BCUT2D eigenvalue weighted by atomic mass is 9.76. The molecule has 0 aromatic heterocycles. The summed E-state index contributed by atoms with van der Waals surface area (Å²) in [7, 11) is 6.00. The number of carbonyl (C=O) groups excluding carboxylic acids is 1. The van der Waals surface area contributed by atoms with Gasteiger partial charge in [0.2, 0.25) is 5.91 Å². The average molecular weight is 322 g/mol. The Hall–Kier alpha value is -2.29. The molecule has 0 saturated carbocycles. The van der Waals surface area contributed by atoms with Gasteiger partial charge in [0.1, 0.15) is 0 Å². The summed E-state index contributed by atoms with van der Waals surface area (Å²) in [6.45, 7) is 6.47. The number of nitrogens with zero attached hydrogens (tertiary/aromatic N) is 2. The fourth-order valence-corrected chi connectivity index (χ4v) is 3.62. The number of carbonyl (C=O) groups is 1. The zero-order valence-corrected chi connectivity index (χ0v) is 15.5. The van der Waals surface area contributed by atoms with Gasteiger partial charge in [0.15, 0.2) is 0 Å². The van der Waals surface area contributed by atoms with Crippen LogP contribution in [0.1, 0.15) is 31.4 Å². The van der Waals surface area contributed by atoms with Crippen LogP contribution in [0.3, 0.4) is 0 Å². The van der Waals surface area contributed by atoms with Crippen molar-refractivity contribution in [3.8, 4) is 11.1 Å². The summed E-state index contributed by atoms with van der Waals surface area (Å²) >= 11 is 0. The number of rotatable bonds is 2. The van der Waals surface area contributed by atoms with Gasteiger partial charge in [0, 0.05) is 49.9 Å². The molecule has 1 heterocycles. The maximum Gasteiger partial charge on any atom is 0.227 e. The summed E-state index contributed by atoms with van der Waals surface area (Å²) in [6, 6.07) is 12.9. The van der Waals surface area contributed by atoms with Gasteiger partial charge in [-0.3, -0.25) is 4.79 Å². The summed E-state index contributed by atoms with van der Waals surface area (Å²) in [5.74, 6) is 0.184. The minimum Gasteiger partial charge on any atom is -0.377 e. The highest BCUT2D eigenvalue weighted by atomic mass is 16.2. The Morgan fingerprint density at radius 3 is 2.42 bits per heavy atom. The summed E-state index contributed by atoms with van der Waals surface area (Å²) in [5, 5.41) is 0. The van der Waals surface area contributed by atoms with E-state index in [-0.39, 0.29) is 11.3 Å². The summed E-state index contributed by atoms with van der Waals surface area (Å²) in [6.07, 6.45) is 0.559. The number of hydrogen-bond donors (Lipinski definition) is 0. The Balaban J connectivity index is 2.25. The Morgan fingerprint density at radius 1 is 1.08 bits per heavy atom. The summed E-state index contributed by atoms with van der Waals surface area (Å²) in [4.78, 5) is 16.3. The topological polar surface area (TPSA) is 23.6 Å². The van der Waals surface area contributed by atoms with E-state index in [1.165, 1.54) is 27.9 Å². The zero-order chi connectivity index (χ0) is 17.6. The molecule has 2 aromatic carbocycles. The first-order chi connectivity index (χ1) is 11.2. The van der Waals surface area contributed by atoms with Crippen molar-refractivity contribution in [3.63, 3.8) is 0 Å². The van der Waals surface area contributed by atoms with Crippen molar-refractivity contribution in [2.45, 2.75) is 32.6 Å². The van der Waals surface area contributed by atoms with E-state index in [9.17, 15) is 4.79 Å². The van der Waals surface area contributed by atoms with Crippen molar-refractivity contribution < 1.29 is 4.79 Å². The lowest BCUT2D eigenvalue weighted by Gasteiger charge is -2.37. The molecule has 1 aliphatic rings. The van der Waals surface area contributed by atoms with Crippen LogP contribution in [0.15, 0.2) is 36.4 Å². The van der Waals surface area contributed by atoms with Crippen LogP contribution in [-0.2, 0) is 10.2 Å². The van der Waals surface area contributed by atoms with E-state index in [1.807, 2.05) is 11.9 Å². The van der Waals surface area contributed by atoms with Crippen molar-refractivity contribution in [2.24, 2.45) is 0 Å². The first-order valence-corrected chi connectivity index (χ1v) is 8.41. The van der Waals surface area contributed by atoms with E-state index in [2.05, 4.69) is 76.2 Å². The Bertz CT molecular complexity index is 805. The number of para-hydroxylation sites is 1. The molecule has 0 radical (unpaired) electrons. The fourth-order valence-electron chi connectivity index (χ4n) is 3.62. The molecule has 0 atom stereocenters. The Morgan fingerprint density at radius 2 is 1.75 bits per heavy atom. The minimum absolute atomic E-state index is 0.122. The second-order valence-electron chi connectivity index (χ2n) is 7.61.